The van der Waals surface area contributed by atoms with Crippen molar-refractivity contribution in [2.45, 2.75) is 57.6 Å². The quantitative estimate of drug-likeness (QED) is 0.648. The number of carbonyl (C=O) groups excluding carboxylic acids is 1. The van der Waals surface area contributed by atoms with E-state index in [2.05, 4.69) is 23.5 Å². The summed E-state index contributed by atoms with van der Waals surface area (Å²) in [7, 11) is -3.80. The molecule has 0 aromatic heterocycles. The molecule has 0 aliphatic carbocycles. The van der Waals surface area contributed by atoms with Crippen LogP contribution in [0.4, 0.5) is 5.69 Å². The lowest BCUT2D eigenvalue weighted by Crippen LogP contribution is -2.48. The highest BCUT2D eigenvalue weighted by molar-refractivity contribution is 7.92. The van der Waals surface area contributed by atoms with Crippen LogP contribution in [-0.4, -0.2) is 69.1 Å². The van der Waals surface area contributed by atoms with Gasteiger partial charge in [0, 0.05) is 44.0 Å². The van der Waals surface area contributed by atoms with Gasteiger partial charge in [-0.25, -0.2) is 8.42 Å². The topological polar surface area (TPSA) is 79.0 Å². The van der Waals surface area contributed by atoms with Crippen LogP contribution >= 0.6 is 0 Å². The number of hydrogen-bond donors (Lipinski definition) is 1. The van der Waals surface area contributed by atoms with Gasteiger partial charge in [0.25, 0.3) is 15.9 Å². The van der Waals surface area contributed by atoms with E-state index in [-0.39, 0.29) is 23.0 Å². The van der Waals surface area contributed by atoms with Crippen molar-refractivity contribution in [2.75, 3.05) is 37.4 Å². The Morgan fingerprint density at radius 1 is 1.03 bits per heavy atom. The molecular formula is C27H37N3O4S. The molecule has 2 unspecified atom stereocenters. The summed E-state index contributed by atoms with van der Waals surface area (Å²) in [4.78, 5) is 17.8. The molecule has 190 valence electrons. The smallest absolute Gasteiger partial charge is 0.261 e. The molecule has 1 N–H and O–H groups in total. The molecule has 0 bridgehead atoms. The van der Waals surface area contributed by atoms with Gasteiger partial charge in [0.05, 0.1) is 17.1 Å². The maximum atomic E-state index is 13.4. The van der Waals surface area contributed by atoms with Crippen molar-refractivity contribution in [3.8, 4) is 0 Å². The van der Waals surface area contributed by atoms with Gasteiger partial charge in [-0.3, -0.25) is 14.4 Å². The molecule has 2 saturated heterocycles. The SMILES string of the molecule is Cc1cccc(NS(=O)(=O)c2ccc(C)c(C(=O)N3CCC(CN4CC(C)OC(C)C4)CC3)c2)c1. The van der Waals surface area contributed by atoms with Gasteiger partial charge in [-0.1, -0.05) is 18.2 Å². The Hall–Kier alpha value is -2.42. The summed E-state index contributed by atoms with van der Waals surface area (Å²) in [6.45, 7) is 12.3. The van der Waals surface area contributed by atoms with E-state index in [0.29, 0.717) is 30.3 Å². The fourth-order valence-corrected chi connectivity index (χ4v) is 6.28. The van der Waals surface area contributed by atoms with Crippen LogP contribution in [0.15, 0.2) is 47.4 Å². The van der Waals surface area contributed by atoms with E-state index in [1.54, 1.807) is 30.3 Å². The largest absolute Gasteiger partial charge is 0.373 e. The zero-order valence-electron chi connectivity index (χ0n) is 21.2. The van der Waals surface area contributed by atoms with Crippen molar-refractivity contribution in [3.63, 3.8) is 0 Å². The Balaban J connectivity index is 1.40. The third kappa shape index (κ3) is 6.42. The lowest BCUT2D eigenvalue weighted by Gasteiger charge is -2.39. The minimum atomic E-state index is -3.80. The molecule has 2 aliphatic heterocycles. The molecule has 0 radical (unpaired) electrons. The molecule has 4 rings (SSSR count). The summed E-state index contributed by atoms with van der Waals surface area (Å²) in [6.07, 6.45) is 2.43. The minimum Gasteiger partial charge on any atom is -0.373 e. The summed E-state index contributed by atoms with van der Waals surface area (Å²) in [5.74, 6) is 0.463. The predicted molar refractivity (Wildman–Crippen MR) is 138 cm³/mol. The van der Waals surface area contributed by atoms with Crippen molar-refractivity contribution in [2.24, 2.45) is 5.92 Å². The van der Waals surface area contributed by atoms with Crippen LogP contribution in [0.3, 0.4) is 0 Å². The predicted octanol–water partition coefficient (Wildman–Crippen LogP) is 4.07. The molecule has 0 saturated carbocycles. The molecule has 7 nitrogen and oxygen atoms in total. The normalized spacial score (nSPS) is 22.2. The van der Waals surface area contributed by atoms with Crippen molar-refractivity contribution < 1.29 is 17.9 Å². The monoisotopic (exact) mass is 499 g/mol. The van der Waals surface area contributed by atoms with Gasteiger partial charge in [-0.05, 0) is 81.8 Å². The van der Waals surface area contributed by atoms with Gasteiger partial charge in [0.15, 0.2) is 0 Å². The fourth-order valence-electron chi connectivity index (χ4n) is 5.21. The van der Waals surface area contributed by atoms with Gasteiger partial charge < -0.3 is 9.64 Å². The molecule has 1 amide bonds. The van der Waals surface area contributed by atoms with Gasteiger partial charge >= 0.3 is 0 Å². The van der Waals surface area contributed by atoms with Crippen LogP contribution in [0.1, 0.15) is 48.2 Å². The van der Waals surface area contributed by atoms with E-state index in [0.717, 1.165) is 43.6 Å². The number of benzene rings is 2. The number of likely N-dealkylation sites (tertiary alicyclic amines) is 1. The van der Waals surface area contributed by atoms with Crippen molar-refractivity contribution in [1.29, 1.82) is 0 Å². The Bertz CT molecular complexity index is 1150. The third-order valence-electron chi connectivity index (χ3n) is 6.93. The maximum Gasteiger partial charge on any atom is 0.261 e. The van der Waals surface area contributed by atoms with Gasteiger partial charge in [-0.2, -0.15) is 0 Å². The van der Waals surface area contributed by atoms with Gasteiger partial charge in [0.1, 0.15) is 0 Å². The zero-order valence-corrected chi connectivity index (χ0v) is 22.0. The standard InChI is InChI=1S/C27H37N3O4S/c1-19-6-5-7-24(14-19)28-35(32,33)25-9-8-20(2)26(15-25)27(31)30-12-10-23(11-13-30)18-29-16-21(3)34-22(4)17-29/h5-9,14-15,21-23,28H,10-13,16-18H2,1-4H3. The highest BCUT2D eigenvalue weighted by atomic mass is 32.2. The summed E-state index contributed by atoms with van der Waals surface area (Å²) in [5.41, 5.74) is 2.70. The molecule has 2 aromatic rings. The summed E-state index contributed by atoms with van der Waals surface area (Å²) < 4.78 is 34.5. The lowest BCUT2D eigenvalue weighted by atomic mass is 9.94. The summed E-state index contributed by atoms with van der Waals surface area (Å²) >= 11 is 0. The number of carbonyl (C=O) groups is 1. The Morgan fingerprint density at radius 2 is 1.71 bits per heavy atom. The maximum absolute atomic E-state index is 13.4. The van der Waals surface area contributed by atoms with E-state index in [4.69, 9.17) is 4.74 Å². The number of aryl methyl sites for hydroxylation is 2. The second-order valence-corrected chi connectivity index (χ2v) is 11.8. The molecule has 2 aromatic carbocycles. The van der Waals surface area contributed by atoms with Crippen LogP contribution < -0.4 is 4.72 Å². The number of amides is 1. The minimum absolute atomic E-state index is 0.0952. The molecule has 2 aliphatic rings. The third-order valence-corrected chi connectivity index (χ3v) is 8.31. The highest BCUT2D eigenvalue weighted by Crippen LogP contribution is 2.25. The van der Waals surface area contributed by atoms with Crippen LogP contribution in [0, 0.1) is 19.8 Å². The lowest BCUT2D eigenvalue weighted by molar-refractivity contribution is -0.0728. The van der Waals surface area contributed by atoms with Crippen LogP contribution in [0.25, 0.3) is 0 Å². The Labute approximate surface area is 209 Å². The van der Waals surface area contributed by atoms with Crippen LogP contribution in [-0.2, 0) is 14.8 Å². The van der Waals surface area contributed by atoms with E-state index >= 15 is 0 Å². The van der Waals surface area contributed by atoms with Gasteiger partial charge in [-0.15, -0.1) is 0 Å². The number of anilines is 1. The number of morpholine rings is 1. The summed E-state index contributed by atoms with van der Waals surface area (Å²) in [6, 6.07) is 12.0. The van der Waals surface area contributed by atoms with E-state index in [9.17, 15) is 13.2 Å². The molecule has 8 heteroatoms. The van der Waals surface area contributed by atoms with E-state index in [1.807, 2.05) is 24.8 Å². The number of hydrogen-bond acceptors (Lipinski definition) is 5. The second-order valence-electron chi connectivity index (χ2n) is 10.2. The van der Waals surface area contributed by atoms with Crippen molar-refractivity contribution in [1.82, 2.24) is 9.80 Å². The highest BCUT2D eigenvalue weighted by Gasteiger charge is 2.29. The number of nitrogens with one attached hydrogen (secondary N) is 1. The van der Waals surface area contributed by atoms with Crippen molar-refractivity contribution in [3.05, 3.63) is 59.2 Å². The second kappa shape index (κ2) is 10.7. The molecular weight excluding hydrogens is 462 g/mol. The molecule has 2 fully saturated rings. The first-order chi connectivity index (χ1) is 16.6. The number of rotatable bonds is 6. The average Bonchev–Trinajstić information content (AvgIpc) is 2.78. The molecule has 35 heavy (non-hydrogen) atoms. The number of nitrogens with zero attached hydrogens (tertiary/aromatic N) is 2. The summed E-state index contributed by atoms with van der Waals surface area (Å²) in [5, 5.41) is 0. The Kier molecular flexibility index (Phi) is 7.83. The van der Waals surface area contributed by atoms with Crippen LogP contribution in [0.2, 0.25) is 0 Å². The number of piperidine rings is 1. The first kappa shape index (κ1) is 25.7. The molecule has 2 heterocycles. The van der Waals surface area contributed by atoms with Gasteiger partial charge in [0.2, 0.25) is 0 Å². The Morgan fingerprint density at radius 3 is 2.37 bits per heavy atom. The number of ether oxygens (including phenoxy) is 1. The zero-order chi connectivity index (χ0) is 25.2. The number of sulfonamides is 1. The average molecular weight is 500 g/mol. The van der Waals surface area contributed by atoms with E-state index < -0.39 is 10.0 Å². The molecule has 2 atom stereocenters. The first-order valence-corrected chi connectivity index (χ1v) is 14.0. The fraction of sp³-hybridized carbons (Fsp3) is 0.519. The van der Waals surface area contributed by atoms with Crippen LogP contribution in [0.5, 0.6) is 0 Å². The van der Waals surface area contributed by atoms with Crippen molar-refractivity contribution >= 4 is 21.6 Å². The molecule has 0 spiro atoms. The van der Waals surface area contributed by atoms with E-state index in [1.165, 1.54) is 6.07 Å². The first-order valence-electron chi connectivity index (χ1n) is 12.5.